The molecule has 0 spiro atoms. The van der Waals surface area contributed by atoms with Crippen molar-refractivity contribution in [1.82, 2.24) is 20.3 Å². The smallest absolute Gasteiger partial charge is 0.0738 e. The first-order chi connectivity index (χ1) is 7.77. The lowest BCUT2D eigenvalue weighted by atomic mass is 10.2. The molecule has 0 saturated carbocycles. The van der Waals surface area contributed by atoms with E-state index in [4.69, 9.17) is 0 Å². The minimum atomic E-state index is 0.827. The highest BCUT2D eigenvalue weighted by Crippen LogP contribution is 2.15. The number of aromatic nitrogens is 3. The van der Waals surface area contributed by atoms with E-state index < -0.39 is 0 Å². The molecule has 0 aliphatic heterocycles. The average Bonchev–Trinajstić information content (AvgIpc) is 2.84. The molecule has 0 atom stereocenters. The zero-order valence-corrected chi connectivity index (χ0v) is 10.4. The van der Waals surface area contributed by atoms with Crippen molar-refractivity contribution in [2.45, 2.75) is 19.9 Å². The van der Waals surface area contributed by atoms with Crippen LogP contribution in [0.5, 0.6) is 0 Å². The van der Waals surface area contributed by atoms with Crippen molar-refractivity contribution in [3.05, 3.63) is 33.8 Å². The van der Waals surface area contributed by atoms with Crippen molar-refractivity contribution in [1.29, 1.82) is 0 Å². The first kappa shape index (κ1) is 11.3. The predicted molar refractivity (Wildman–Crippen MR) is 65.5 cm³/mol. The molecule has 86 valence electrons. The van der Waals surface area contributed by atoms with Gasteiger partial charge in [0.15, 0.2) is 0 Å². The van der Waals surface area contributed by atoms with Crippen LogP contribution in [0.25, 0.3) is 0 Å². The number of aryl methyl sites for hydroxylation is 2. The highest BCUT2D eigenvalue weighted by molar-refractivity contribution is 7.10. The van der Waals surface area contributed by atoms with Gasteiger partial charge >= 0.3 is 0 Å². The number of hydrogen-bond donors (Lipinski definition) is 1. The van der Waals surface area contributed by atoms with Gasteiger partial charge in [0.1, 0.15) is 0 Å². The molecule has 2 aromatic heterocycles. The molecule has 0 aromatic carbocycles. The van der Waals surface area contributed by atoms with Crippen molar-refractivity contribution in [2.75, 3.05) is 6.54 Å². The van der Waals surface area contributed by atoms with Crippen molar-refractivity contribution in [3.63, 3.8) is 0 Å². The molecule has 2 rings (SSSR count). The summed E-state index contributed by atoms with van der Waals surface area (Å²) in [5.74, 6) is 0. The maximum Gasteiger partial charge on any atom is 0.0738 e. The average molecular weight is 236 g/mol. The quantitative estimate of drug-likeness (QED) is 0.800. The Balaban J connectivity index is 1.74. The van der Waals surface area contributed by atoms with E-state index in [0.29, 0.717) is 0 Å². The molecular formula is C11H16N4S. The summed E-state index contributed by atoms with van der Waals surface area (Å²) in [5.41, 5.74) is 2.51. The Kier molecular flexibility index (Phi) is 3.69. The van der Waals surface area contributed by atoms with E-state index in [1.165, 1.54) is 10.4 Å². The van der Waals surface area contributed by atoms with Gasteiger partial charge in [0.05, 0.1) is 11.9 Å². The van der Waals surface area contributed by atoms with Crippen LogP contribution in [-0.4, -0.2) is 21.5 Å². The number of thiophene rings is 1. The minimum Gasteiger partial charge on any atom is -0.311 e. The summed E-state index contributed by atoms with van der Waals surface area (Å²) >= 11 is 1.83. The Morgan fingerprint density at radius 1 is 1.50 bits per heavy atom. The summed E-state index contributed by atoms with van der Waals surface area (Å²) in [6, 6.07) is 2.17. The third kappa shape index (κ3) is 2.68. The maximum absolute atomic E-state index is 3.89. The number of nitrogens with one attached hydrogen (secondary N) is 1. The van der Waals surface area contributed by atoms with Crippen LogP contribution >= 0.6 is 11.3 Å². The molecule has 2 heterocycles. The van der Waals surface area contributed by atoms with Crippen LogP contribution in [-0.2, 0) is 20.0 Å². The second kappa shape index (κ2) is 5.23. The van der Waals surface area contributed by atoms with Crippen LogP contribution in [0.4, 0.5) is 0 Å². The fraction of sp³-hybridized carbons (Fsp3) is 0.455. The van der Waals surface area contributed by atoms with Crippen LogP contribution in [0.3, 0.4) is 0 Å². The maximum atomic E-state index is 3.89. The Bertz CT molecular complexity index is 404. The Labute approximate surface area is 99.3 Å². The lowest BCUT2D eigenvalue weighted by Crippen LogP contribution is -2.18. The lowest BCUT2D eigenvalue weighted by molar-refractivity contribution is 0.618. The highest BCUT2D eigenvalue weighted by Gasteiger charge is 2.01. The van der Waals surface area contributed by atoms with Gasteiger partial charge in [-0.15, -0.1) is 16.4 Å². The fourth-order valence-electron chi connectivity index (χ4n) is 1.55. The zero-order chi connectivity index (χ0) is 11.4. The van der Waals surface area contributed by atoms with E-state index in [9.17, 15) is 0 Å². The van der Waals surface area contributed by atoms with E-state index in [0.717, 1.165) is 25.2 Å². The molecule has 0 bridgehead atoms. The summed E-state index contributed by atoms with van der Waals surface area (Å²) < 4.78 is 1.80. The first-order valence-electron chi connectivity index (χ1n) is 5.34. The van der Waals surface area contributed by atoms with Gasteiger partial charge in [0.2, 0.25) is 0 Å². The molecule has 5 heteroatoms. The van der Waals surface area contributed by atoms with E-state index in [1.807, 2.05) is 18.4 Å². The summed E-state index contributed by atoms with van der Waals surface area (Å²) in [6.07, 6.45) is 2.89. The van der Waals surface area contributed by atoms with Gasteiger partial charge in [-0.05, 0) is 30.4 Å². The van der Waals surface area contributed by atoms with E-state index >= 15 is 0 Å². The molecule has 0 aliphatic carbocycles. The molecule has 0 unspecified atom stereocenters. The SMILES string of the molecule is Cc1ccsc1CCNCc1cnnn1C. The zero-order valence-electron chi connectivity index (χ0n) is 9.60. The van der Waals surface area contributed by atoms with E-state index in [-0.39, 0.29) is 0 Å². The van der Waals surface area contributed by atoms with Gasteiger partial charge in [-0.2, -0.15) is 0 Å². The summed E-state index contributed by atoms with van der Waals surface area (Å²) in [5, 5.41) is 13.3. The third-order valence-corrected chi connectivity index (χ3v) is 3.69. The summed E-state index contributed by atoms with van der Waals surface area (Å²) in [4.78, 5) is 1.47. The molecule has 16 heavy (non-hydrogen) atoms. The Morgan fingerprint density at radius 3 is 3.00 bits per heavy atom. The third-order valence-electron chi connectivity index (χ3n) is 2.61. The van der Waals surface area contributed by atoms with Crippen LogP contribution < -0.4 is 5.32 Å². The molecule has 0 saturated heterocycles. The molecular weight excluding hydrogens is 220 g/mol. The normalized spacial score (nSPS) is 10.9. The largest absolute Gasteiger partial charge is 0.311 e. The fourth-order valence-corrected chi connectivity index (χ4v) is 2.46. The lowest BCUT2D eigenvalue weighted by Gasteiger charge is -2.04. The molecule has 2 aromatic rings. The van der Waals surface area contributed by atoms with Gasteiger partial charge in [0, 0.05) is 25.0 Å². The molecule has 0 aliphatic rings. The standard InChI is InChI=1S/C11H16N4S/c1-9-4-6-16-11(9)3-5-12-7-10-8-13-14-15(10)2/h4,6,8,12H,3,5,7H2,1-2H3. The first-order valence-corrected chi connectivity index (χ1v) is 6.22. The topological polar surface area (TPSA) is 42.7 Å². The van der Waals surface area contributed by atoms with Crippen molar-refractivity contribution < 1.29 is 0 Å². The van der Waals surface area contributed by atoms with Crippen LogP contribution in [0.1, 0.15) is 16.1 Å². The van der Waals surface area contributed by atoms with Crippen molar-refractivity contribution in [3.8, 4) is 0 Å². The predicted octanol–water partition coefficient (Wildman–Crippen LogP) is 1.52. The van der Waals surface area contributed by atoms with Gasteiger partial charge in [0.25, 0.3) is 0 Å². The highest BCUT2D eigenvalue weighted by atomic mass is 32.1. The second-order valence-corrected chi connectivity index (χ2v) is 4.80. The molecule has 0 fully saturated rings. The summed E-state index contributed by atoms with van der Waals surface area (Å²) in [7, 11) is 1.91. The number of nitrogens with zero attached hydrogens (tertiary/aromatic N) is 3. The Hall–Kier alpha value is -1.20. The molecule has 0 radical (unpaired) electrons. The summed E-state index contributed by atoms with van der Waals surface area (Å²) in [6.45, 7) is 3.98. The number of rotatable bonds is 5. The van der Waals surface area contributed by atoms with Crippen LogP contribution in [0.2, 0.25) is 0 Å². The van der Waals surface area contributed by atoms with E-state index in [2.05, 4.69) is 34.0 Å². The van der Waals surface area contributed by atoms with Gasteiger partial charge < -0.3 is 5.32 Å². The van der Waals surface area contributed by atoms with Crippen molar-refractivity contribution >= 4 is 11.3 Å². The number of hydrogen-bond acceptors (Lipinski definition) is 4. The van der Waals surface area contributed by atoms with Crippen molar-refractivity contribution in [2.24, 2.45) is 7.05 Å². The molecule has 0 amide bonds. The monoisotopic (exact) mass is 236 g/mol. The second-order valence-electron chi connectivity index (χ2n) is 3.80. The van der Waals surface area contributed by atoms with Crippen LogP contribution in [0, 0.1) is 6.92 Å². The van der Waals surface area contributed by atoms with E-state index in [1.54, 1.807) is 10.9 Å². The Morgan fingerprint density at radius 2 is 2.38 bits per heavy atom. The van der Waals surface area contributed by atoms with Gasteiger partial charge in [-0.1, -0.05) is 5.21 Å². The van der Waals surface area contributed by atoms with Crippen LogP contribution in [0.15, 0.2) is 17.6 Å². The van der Waals surface area contributed by atoms with Gasteiger partial charge in [-0.25, -0.2) is 0 Å². The molecule has 4 nitrogen and oxygen atoms in total. The minimum absolute atomic E-state index is 0.827. The molecule has 1 N–H and O–H groups in total. The van der Waals surface area contributed by atoms with Gasteiger partial charge in [-0.3, -0.25) is 4.68 Å².